The summed E-state index contributed by atoms with van der Waals surface area (Å²) < 4.78 is 0.927. The lowest BCUT2D eigenvalue weighted by molar-refractivity contribution is 0.0963. The number of amides is 3. The normalized spacial score (nSPS) is 11.5. The number of hydrogen-bond acceptors (Lipinski definition) is 2. The van der Waals surface area contributed by atoms with Crippen molar-refractivity contribution in [3.63, 3.8) is 0 Å². The number of rotatable bonds is 4. The van der Waals surface area contributed by atoms with Crippen LogP contribution in [0.3, 0.4) is 0 Å². The molecule has 126 valence electrons. The number of hydrogen-bond donors (Lipinski definition) is 3. The first-order valence-electron chi connectivity index (χ1n) is 7.26. The Balaban J connectivity index is 2.03. The topological polar surface area (TPSA) is 70.2 Å². The fourth-order valence-corrected chi connectivity index (χ4v) is 3.07. The molecule has 5 nitrogen and oxygen atoms in total. The van der Waals surface area contributed by atoms with E-state index in [1.165, 1.54) is 13.1 Å². The third-order valence-corrected chi connectivity index (χ3v) is 4.45. The number of nitrogens with one attached hydrogen (secondary N) is 3. The molecule has 2 aromatic rings. The lowest BCUT2D eigenvalue weighted by Gasteiger charge is -2.16. The van der Waals surface area contributed by atoms with Crippen molar-refractivity contribution >= 4 is 45.2 Å². The lowest BCUT2D eigenvalue weighted by atomic mass is 10.1. The van der Waals surface area contributed by atoms with Crippen molar-refractivity contribution in [3.05, 3.63) is 63.1 Å². The van der Waals surface area contributed by atoms with Gasteiger partial charge < -0.3 is 16.0 Å². The highest BCUT2D eigenvalue weighted by molar-refractivity contribution is 9.10. The fraction of sp³-hybridized carbons (Fsp3) is 0.176. The van der Waals surface area contributed by atoms with Crippen LogP contribution in [0.15, 0.2) is 46.9 Å². The van der Waals surface area contributed by atoms with E-state index in [1.54, 1.807) is 12.1 Å². The Bertz CT molecular complexity index is 767. The Morgan fingerprint density at radius 1 is 1.17 bits per heavy atom. The zero-order chi connectivity index (χ0) is 17.7. The van der Waals surface area contributed by atoms with E-state index >= 15 is 0 Å². The molecule has 0 heterocycles. The van der Waals surface area contributed by atoms with Gasteiger partial charge in [-0.25, -0.2) is 4.79 Å². The van der Waals surface area contributed by atoms with Crippen LogP contribution < -0.4 is 16.0 Å². The van der Waals surface area contributed by atoms with Crippen molar-refractivity contribution in [3.8, 4) is 0 Å². The Morgan fingerprint density at radius 3 is 2.50 bits per heavy atom. The molecule has 0 aliphatic rings. The van der Waals surface area contributed by atoms with Gasteiger partial charge in [0.2, 0.25) is 0 Å². The Hall–Kier alpha value is -2.05. The van der Waals surface area contributed by atoms with Crippen molar-refractivity contribution in [2.45, 2.75) is 13.0 Å². The Kier molecular flexibility index (Phi) is 6.23. The van der Waals surface area contributed by atoms with E-state index in [0.29, 0.717) is 11.3 Å². The average molecular weight is 411 g/mol. The number of benzene rings is 2. The molecule has 1 atom stereocenters. The van der Waals surface area contributed by atoms with Gasteiger partial charge in [0.05, 0.1) is 16.6 Å². The monoisotopic (exact) mass is 409 g/mol. The highest BCUT2D eigenvalue weighted by atomic mass is 79.9. The molecule has 24 heavy (non-hydrogen) atoms. The standard InChI is InChI=1S/C17H17BrClN3O2/c1-10(12-5-3-4-6-14(12)18)21-17(24)22-11-7-8-13(15(19)9-11)16(23)20-2/h3-10H,1-2H3,(H,20,23)(H2,21,22,24). The minimum absolute atomic E-state index is 0.179. The zero-order valence-electron chi connectivity index (χ0n) is 13.2. The van der Waals surface area contributed by atoms with Crippen LogP contribution in [0, 0.1) is 0 Å². The van der Waals surface area contributed by atoms with Crippen LogP contribution in [0.5, 0.6) is 0 Å². The van der Waals surface area contributed by atoms with Crippen molar-refractivity contribution in [2.24, 2.45) is 0 Å². The van der Waals surface area contributed by atoms with Gasteiger partial charge in [-0.15, -0.1) is 0 Å². The number of anilines is 1. The molecular formula is C17H17BrClN3O2. The van der Waals surface area contributed by atoms with Crippen LogP contribution in [0.4, 0.5) is 10.5 Å². The summed E-state index contributed by atoms with van der Waals surface area (Å²) in [7, 11) is 1.53. The van der Waals surface area contributed by atoms with Gasteiger partial charge in [0.15, 0.2) is 0 Å². The first-order valence-corrected chi connectivity index (χ1v) is 8.43. The van der Waals surface area contributed by atoms with Crippen LogP contribution in [0.1, 0.15) is 28.9 Å². The SMILES string of the molecule is CNC(=O)c1ccc(NC(=O)NC(C)c2ccccc2Br)cc1Cl. The summed E-state index contributed by atoms with van der Waals surface area (Å²) in [6, 6.07) is 11.9. The minimum atomic E-state index is -0.359. The van der Waals surface area contributed by atoms with Crippen LogP contribution in [0.2, 0.25) is 5.02 Å². The van der Waals surface area contributed by atoms with E-state index in [4.69, 9.17) is 11.6 Å². The summed E-state index contributed by atoms with van der Waals surface area (Å²) in [5.74, 6) is -0.279. The molecule has 3 amide bonds. The molecule has 0 aliphatic heterocycles. The van der Waals surface area contributed by atoms with E-state index in [2.05, 4.69) is 31.9 Å². The van der Waals surface area contributed by atoms with Gasteiger partial charge in [0.25, 0.3) is 5.91 Å². The van der Waals surface area contributed by atoms with Crippen molar-refractivity contribution in [1.29, 1.82) is 0 Å². The number of urea groups is 1. The van der Waals surface area contributed by atoms with E-state index in [1.807, 2.05) is 31.2 Å². The van der Waals surface area contributed by atoms with Gasteiger partial charge in [0.1, 0.15) is 0 Å². The second-order valence-electron chi connectivity index (χ2n) is 5.12. The molecule has 2 rings (SSSR count). The molecule has 0 saturated heterocycles. The van der Waals surface area contributed by atoms with Gasteiger partial charge in [-0.2, -0.15) is 0 Å². The second-order valence-corrected chi connectivity index (χ2v) is 6.38. The molecule has 0 spiro atoms. The first kappa shape index (κ1) is 18.3. The van der Waals surface area contributed by atoms with Crippen LogP contribution in [-0.2, 0) is 0 Å². The third kappa shape index (κ3) is 4.49. The van der Waals surface area contributed by atoms with Crippen molar-refractivity contribution in [1.82, 2.24) is 10.6 Å². The first-order chi connectivity index (χ1) is 11.4. The van der Waals surface area contributed by atoms with Crippen LogP contribution in [0.25, 0.3) is 0 Å². The summed E-state index contributed by atoms with van der Waals surface area (Å²) in [5, 5.41) is 8.33. The summed E-state index contributed by atoms with van der Waals surface area (Å²) in [6.45, 7) is 1.89. The molecule has 0 saturated carbocycles. The molecule has 0 aromatic heterocycles. The highest BCUT2D eigenvalue weighted by Gasteiger charge is 2.13. The molecule has 0 bridgehead atoms. The maximum absolute atomic E-state index is 12.1. The molecule has 3 N–H and O–H groups in total. The Morgan fingerprint density at radius 2 is 1.88 bits per heavy atom. The van der Waals surface area contributed by atoms with Gasteiger partial charge in [0, 0.05) is 17.2 Å². The molecule has 0 fully saturated rings. The lowest BCUT2D eigenvalue weighted by Crippen LogP contribution is -2.31. The van der Waals surface area contributed by atoms with Crippen LogP contribution in [-0.4, -0.2) is 19.0 Å². The minimum Gasteiger partial charge on any atom is -0.355 e. The van der Waals surface area contributed by atoms with E-state index in [9.17, 15) is 9.59 Å². The molecule has 1 unspecified atom stereocenters. The molecule has 7 heteroatoms. The third-order valence-electron chi connectivity index (χ3n) is 3.42. The highest BCUT2D eigenvalue weighted by Crippen LogP contribution is 2.23. The second kappa shape index (κ2) is 8.17. The maximum Gasteiger partial charge on any atom is 0.319 e. The summed E-state index contributed by atoms with van der Waals surface area (Å²) in [6.07, 6.45) is 0. The van der Waals surface area contributed by atoms with E-state index in [-0.39, 0.29) is 23.0 Å². The quantitative estimate of drug-likeness (QED) is 0.701. The summed E-state index contributed by atoms with van der Waals surface area (Å²) >= 11 is 9.53. The predicted molar refractivity (Wildman–Crippen MR) is 99.6 cm³/mol. The summed E-state index contributed by atoms with van der Waals surface area (Å²) in [4.78, 5) is 23.7. The van der Waals surface area contributed by atoms with Gasteiger partial charge >= 0.3 is 6.03 Å². The van der Waals surface area contributed by atoms with Gasteiger partial charge in [-0.3, -0.25) is 4.79 Å². The zero-order valence-corrected chi connectivity index (χ0v) is 15.5. The predicted octanol–water partition coefficient (Wildman–Crippen LogP) is 4.34. The van der Waals surface area contributed by atoms with Crippen molar-refractivity contribution < 1.29 is 9.59 Å². The Labute approximate surface area is 153 Å². The molecule has 0 aliphatic carbocycles. The molecular weight excluding hydrogens is 394 g/mol. The fourth-order valence-electron chi connectivity index (χ4n) is 2.18. The van der Waals surface area contributed by atoms with E-state index in [0.717, 1.165) is 10.0 Å². The maximum atomic E-state index is 12.1. The van der Waals surface area contributed by atoms with Gasteiger partial charge in [-0.05, 0) is 36.8 Å². The molecule has 0 radical (unpaired) electrons. The molecule has 2 aromatic carbocycles. The largest absolute Gasteiger partial charge is 0.355 e. The van der Waals surface area contributed by atoms with Crippen molar-refractivity contribution in [2.75, 3.05) is 12.4 Å². The number of carbonyl (C=O) groups is 2. The smallest absolute Gasteiger partial charge is 0.319 e. The van der Waals surface area contributed by atoms with Crippen LogP contribution >= 0.6 is 27.5 Å². The summed E-state index contributed by atoms with van der Waals surface area (Å²) in [5.41, 5.74) is 1.83. The number of carbonyl (C=O) groups excluding carboxylic acids is 2. The van der Waals surface area contributed by atoms with E-state index < -0.39 is 0 Å². The number of halogens is 2. The van der Waals surface area contributed by atoms with Gasteiger partial charge in [-0.1, -0.05) is 45.7 Å². The average Bonchev–Trinajstić information content (AvgIpc) is 2.54.